The molecule has 0 fully saturated rings. The molecular weight excluding hydrogens is 250 g/mol. The molecule has 2 N–H and O–H groups in total. The molecule has 2 nitrogen and oxygen atoms in total. The lowest BCUT2D eigenvalue weighted by Crippen LogP contribution is -1.92. The zero-order valence-corrected chi connectivity index (χ0v) is 11.3. The van der Waals surface area contributed by atoms with Crippen molar-refractivity contribution in [1.29, 1.82) is 0 Å². The summed E-state index contributed by atoms with van der Waals surface area (Å²) in [6, 6.07) is 7.96. The number of benzene rings is 1. The van der Waals surface area contributed by atoms with Crippen LogP contribution in [-0.2, 0) is 4.74 Å². The average Bonchev–Trinajstić information content (AvgIpc) is 2.39. The molecule has 0 aliphatic heterocycles. The molecule has 0 spiro atoms. The summed E-state index contributed by atoms with van der Waals surface area (Å²) in [4.78, 5) is 2.61. The fraction of sp³-hybridized carbons (Fsp3) is 0.231. The van der Waals surface area contributed by atoms with Crippen LogP contribution >= 0.6 is 21.6 Å². The standard InChI is InChI=1S/C13H15NOS2/c1-15-11-4-8-13(9-5-11)17-16-12-6-2-10(14)3-7-12/h2-4,6-8H,5,9,14H2,1H3. The summed E-state index contributed by atoms with van der Waals surface area (Å²) in [6.07, 6.45) is 6.25. The van der Waals surface area contributed by atoms with E-state index in [9.17, 15) is 0 Å². The first-order valence-electron chi connectivity index (χ1n) is 5.42. The minimum atomic E-state index is 0.809. The van der Waals surface area contributed by atoms with E-state index in [-0.39, 0.29) is 0 Å². The Morgan fingerprint density at radius 3 is 2.41 bits per heavy atom. The molecule has 0 radical (unpaired) electrons. The highest BCUT2D eigenvalue weighted by atomic mass is 33.1. The summed E-state index contributed by atoms with van der Waals surface area (Å²) in [5.74, 6) is 1.06. The molecule has 0 amide bonds. The minimum absolute atomic E-state index is 0.809. The molecule has 1 aromatic rings. The van der Waals surface area contributed by atoms with E-state index in [4.69, 9.17) is 10.5 Å². The molecule has 17 heavy (non-hydrogen) atoms. The quantitative estimate of drug-likeness (QED) is 0.653. The highest BCUT2D eigenvalue weighted by Crippen LogP contribution is 2.40. The number of nitrogen functional groups attached to an aromatic ring is 1. The van der Waals surface area contributed by atoms with E-state index in [0.29, 0.717) is 0 Å². The molecule has 0 saturated heterocycles. The lowest BCUT2D eigenvalue weighted by molar-refractivity contribution is 0.276. The van der Waals surface area contributed by atoms with Crippen LogP contribution in [0.1, 0.15) is 12.8 Å². The van der Waals surface area contributed by atoms with Gasteiger partial charge in [0.25, 0.3) is 0 Å². The lowest BCUT2D eigenvalue weighted by Gasteiger charge is -2.12. The number of methoxy groups -OCH3 is 1. The SMILES string of the molecule is COC1=CC=C(SSc2ccc(N)cc2)CC1. The summed E-state index contributed by atoms with van der Waals surface area (Å²) in [6.45, 7) is 0. The Morgan fingerprint density at radius 1 is 1.06 bits per heavy atom. The third-order valence-electron chi connectivity index (χ3n) is 2.46. The zero-order valence-electron chi connectivity index (χ0n) is 9.68. The Hall–Kier alpha value is -1.00. The van der Waals surface area contributed by atoms with Crippen molar-refractivity contribution in [2.24, 2.45) is 0 Å². The van der Waals surface area contributed by atoms with Crippen molar-refractivity contribution < 1.29 is 4.74 Å². The van der Waals surface area contributed by atoms with Crippen LogP contribution in [0.2, 0.25) is 0 Å². The van der Waals surface area contributed by atoms with E-state index < -0.39 is 0 Å². The molecule has 1 aromatic carbocycles. The van der Waals surface area contributed by atoms with Gasteiger partial charge in [0.2, 0.25) is 0 Å². The number of nitrogens with two attached hydrogens (primary N) is 1. The Morgan fingerprint density at radius 2 is 1.82 bits per heavy atom. The number of anilines is 1. The average molecular weight is 265 g/mol. The Labute approximate surface area is 110 Å². The first-order chi connectivity index (χ1) is 8.28. The molecule has 0 saturated carbocycles. The molecule has 1 aliphatic rings. The molecule has 0 heterocycles. The molecule has 2 rings (SSSR count). The molecule has 0 atom stereocenters. The number of rotatable bonds is 4. The maximum absolute atomic E-state index is 5.65. The van der Waals surface area contributed by atoms with Gasteiger partial charge < -0.3 is 10.5 Å². The molecule has 90 valence electrons. The topological polar surface area (TPSA) is 35.2 Å². The largest absolute Gasteiger partial charge is 0.501 e. The van der Waals surface area contributed by atoms with Crippen LogP contribution in [-0.4, -0.2) is 7.11 Å². The van der Waals surface area contributed by atoms with Gasteiger partial charge in [-0.3, -0.25) is 0 Å². The normalized spacial score (nSPS) is 15.1. The predicted octanol–water partition coefficient (Wildman–Crippen LogP) is 4.22. The van der Waals surface area contributed by atoms with Crippen LogP contribution < -0.4 is 5.73 Å². The van der Waals surface area contributed by atoms with Gasteiger partial charge in [-0.25, -0.2) is 0 Å². The second kappa shape index (κ2) is 6.07. The Bertz CT molecular complexity index is 437. The Kier molecular flexibility index (Phi) is 4.45. The van der Waals surface area contributed by atoms with Crippen LogP contribution in [0.15, 0.2) is 52.0 Å². The second-order valence-corrected chi connectivity index (χ2v) is 6.03. The summed E-state index contributed by atoms with van der Waals surface area (Å²) >= 11 is 0. The highest BCUT2D eigenvalue weighted by Gasteiger charge is 2.07. The summed E-state index contributed by atoms with van der Waals surface area (Å²) < 4.78 is 5.20. The van der Waals surface area contributed by atoms with Crippen molar-refractivity contribution in [3.8, 4) is 0 Å². The van der Waals surface area contributed by atoms with Crippen molar-refractivity contribution in [1.82, 2.24) is 0 Å². The van der Waals surface area contributed by atoms with E-state index in [1.165, 1.54) is 9.80 Å². The molecule has 4 heteroatoms. The third-order valence-corrected chi connectivity index (χ3v) is 5.03. The molecule has 0 unspecified atom stereocenters. The third kappa shape index (κ3) is 3.75. The van der Waals surface area contributed by atoms with Crippen molar-refractivity contribution in [3.05, 3.63) is 47.1 Å². The van der Waals surface area contributed by atoms with Gasteiger partial charge in [-0.2, -0.15) is 0 Å². The number of hydrogen-bond acceptors (Lipinski definition) is 4. The molecule has 0 bridgehead atoms. The molecule has 0 aromatic heterocycles. The fourth-order valence-corrected chi connectivity index (χ4v) is 3.58. The van der Waals surface area contributed by atoms with Gasteiger partial charge in [-0.1, -0.05) is 21.6 Å². The van der Waals surface area contributed by atoms with E-state index >= 15 is 0 Å². The smallest absolute Gasteiger partial charge is 0.0959 e. The monoisotopic (exact) mass is 265 g/mol. The Balaban J connectivity index is 1.89. The van der Waals surface area contributed by atoms with E-state index in [0.717, 1.165) is 24.3 Å². The van der Waals surface area contributed by atoms with Gasteiger partial charge >= 0.3 is 0 Å². The second-order valence-electron chi connectivity index (χ2n) is 3.71. The number of allylic oxidation sites excluding steroid dienone is 4. The van der Waals surface area contributed by atoms with Crippen molar-refractivity contribution >= 4 is 27.3 Å². The van der Waals surface area contributed by atoms with Crippen LogP contribution in [0, 0.1) is 0 Å². The summed E-state index contributed by atoms with van der Waals surface area (Å²) in [5, 5.41) is 0. The number of ether oxygens (including phenoxy) is 1. The predicted molar refractivity (Wildman–Crippen MR) is 76.7 cm³/mol. The molecule has 1 aliphatic carbocycles. The van der Waals surface area contributed by atoms with Gasteiger partial charge in [0.15, 0.2) is 0 Å². The van der Waals surface area contributed by atoms with Gasteiger partial charge in [-0.05, 0) is 47.7 Å². The summed E-state index contributed by atoms with van der Waals surface area (Å²) in [5.41, 5.74) is 6.46. The lowest BCUT2D eigenvalue weighted by atomic mass is 10.2. The van der Waals surface area contributed by atoms with Crippen LogP contribution in [0.4, 0.5) is 5.69 Å². The minimum Gasteiger partial charge on any atom is -0.501 e. The van der Waals surface area contributed by atoms with Crippen molar-refractivity contribution in [2.75, 3.05) is 12.8 Å². The fourth-order valence-electron chi connectivity index (χ4n) is 1.46. The highest BCUT2D eigenvalue weighted by molar-refractivity contribution is 8.78. The van der Waals surface area contributed by atoms with Crippen molar-refractivity contribution in [2.45, 2.75) is 17.7 Å². The van der Waals surface area contributed by atoms with E-state index in [1.807, 2.05) is 24.3 Å². The maximum atomic E-state index is 5.65. The first-order valence-corrected chi connectivity index (χ1v) is 7.56. The number of hydrogen-bond donors (Lipinski definition) is 1. The van der Waals surface area contributed by atoms with Gasteiger partial charge in [0.1, 0.15) is 0 Å². The van der Waals surface area contributed by atoms with Crippen LogP contribution in [0.25, 0.3) is 0 Å². The van der Waals surface area contributed by atoms with Crippen LogP contribution in [0.5, 0.6) is 0 Å². The van der Waals surface area contributed by atoms with E-state index in [2.05, 4.69) is 12.2 Å². The maximum Gasteiger partial charge on any atom is 0.0959 e. The van der Waals surface area contributed by atoms with Gasteiger partial charge in [-0.15, -0.1) is 0 Å². The first kappa shape index (κ1) is 12.5. The van der Waals surface area contributed by atoms with Crippen LogP contribution in [0.3, 0.4) is 0 Å². The zero-order chi connectivity index (χ0) is 12.1. The van der Waals surface area contributed by atoms with Crippen molar-refractivity contribution in [3.63, 3.8) is 0 Å². The van der Waals surface area contributed by atoms with Gasteiger partial charge in [0.05, 0.1) is 12.9 Å². The van der Waals surface area contributed by atoms with E-state index in [1.54, 1.807) is 28.7 Å². The van der Waals surface area contributed by atoms with Gasteiger partial charge in [0, 0.05) is 17.0 Å². The summed E-state index contributed by atoms with van der Waals surface area (Å²) in [7, 11) is 5.30. The molecular formula is C13H15NOS2.